The molecule has 0 fully saturated rings. The minimum atomic E-state index is 0.646. The molecule has 1 heterocycles. The van der Waals surface area contributed by atoms with E-state index in [1.54, 1.807) is 13.3 Å². The molecule has 90 valence electrons. The van der Waals surface area contributed by atoms with Crippen LogP contribution in [0.15, 0.2) is 12.3 Å². The number of nitrogens with one attached hydrogen (secondary N) is 1. The highest BCUT2D eigenvalue weighted by Gasteiger charge is 2.06. The van der Waals surface area contributed by atoms with E-state index >= 15 is 0 Å². The molecule has 1 N–H and O–H groups in total. The summed E-state index contributed by atoms with van der Waals surface area (Å²) in [6.45, 7) is 5.18. The van der Waals surface area contributed by atoms with Crippen LogP contribution in [-0.4, -0.2) is 30.6 Å². The highest BCUT2D eigenvalue weighted by Crippen LogP contribution is 2.23. The molecule has 0 aliphatic heterocycles. The summed E-state index contributed by atoms with van der Waals surface area (Å²) >= 11 is 1.87. The summed E-state index contributed by atoms with van der Waals surface area (Å²) in [5.41, 5.74) is 2.03. The normalized spacial score (nSPS) is 12.2. The van der Waals surface area contributed by atoms with Gasteiger partial charge in [0, 0.05) is 12.2 Å². The maximum Gasteiger partial charge on any atom is 0.160 e. The van der Waals surface area contributed by atoms with Crippen LogP contribution in [0.25, 0.3) is 0 Å². The Labute approximate surface area is 102 Å². The second kappa shape index (κ2) is 6.63. The van der Waals surface area contributed by atoms with E-state index in [0.29, 0.717) is 5.92 Å². The van der Waals surface area contributed by atoms with Crippen molar-refractivity contribution in [1.82, 2.24) is 4.98 Å². The molecule has 0 saturated carbocycles. The van der Waals surface area contributed by atoms with Gasteiger partial charge in [-0.15, -0.1) is 0 Å². The van der Waals surface area contributed by atoms with Crippen molar-refractivity contribution in [2.24, 2.45) is 5.92 Å². The Bertz CT molecular complexity index is 331. The highest BCUT2D eigenvalue weighted by molar-refractivity contribution is 7.98. The zero-order chi connectivity index (χ0) is 12.0. The zero-order valence-electron chi connectivity index (χ0n) is 10.4. The molecule has 0 aliphatic carbocycles. The van der Waals surface area contributed by atoms with Crippen LogP contribution in [0, 0.1) is 12.8 Å². The molecule has 0 amide bonds. The van der Waals surface area contributed by atoms with Gasteiger partial charge in [-0.2, -0.15) is 11.8 Å². The first-order chi connectivity index (χ1) is 7.67. The zero-order valence-corrected chi connectivity index (χ0v) is 11.2. The first-order valence-electron chi connectivity index (χ1n) is 5.40. The average Bonchev–Trinajstić information content (AvgIpc) is 2.27. The molecule has 0 aromatic carbocycles. The third-order valence-electron chi connectivity index (χ3n) is 2.32. The molecule has 0 bridgehead atoms. The van der Waals surface area contributed by atoms with Crippen LogP contribution in [0.1, 0.15) is 12.6 Å². The van der Waals surface area contributed by atoms with Gasteiger partial charge >= 0.3 is 0 Å². The topological polar surface area (TPSA) is 34.1 Å². The fraction of sp³-hybridized carbons (Fsp3) is 0.583. The molecule has 4 heteroatoms. The molecular formula is C12H20N2OS. The number of anilines is 1. The van der Waals surface area contributed by atoms with Crippen molar-refractivity contribution in [2.45, 2.75) is 13.8 Å². The molecule has 1 aromatic heterocycles. The lowest BCUT2D eigenvalue weighted by atomic mass is 10.2. The van der Waals surface area contributed by atoms with Crippen molar-refractivity contribution in [2.75, 3.05) is 31.0 Å². The van der Waals surface area contributed by atoms with Crippen LogP contribution >= 0.6 is 11.8 Å². The number of thioether (sulfide) groups is 1. The summed E-state index contributed by atoms with van der Waals surface area (Å²) in [7, 11) is 1.67. The number of methoxy groups -OCH3 is 1. The predicted molar refractivity (Wildman–Crippen MR) is 71.6 cm³/mol. The van der Waals surface area contributed by atoms with E-state index in [2.05, 4.69) is 23.5 Å². The van der Waals surface area contributed by atoms with Gasteiger partial charge in [0.15, 0.2) is 5.75 Å². The number of rotatable bonds is 6. The third kappa shape index (κ3) is 3.93. The molecule has 1 aromatic rings. The smallest absolute Gasteiger partial charge is 0.160 e. The summed E-state index contributed by atoms with van der Waals surface area (Å²) in [5, 5.41) is 3.41. The Morgan fingerprint density at radius 3 is 2.94 bits per heavy atom. The Kier molecular flexibility index (Phi) is 5.46. The second-order valence-corrected chi connectivity index (χ2v) is 4.88. The number of ether oxygens (including phenoxy) is 1. The van der Waals surface area contributed by atoms with Crippen molar-refractivity contribution in [3.8, 4) is 5.75 Å². The lowest BCUT2D eigenvalue weighted by molar-refractivity contribution is 0.414. The molecule has 0 aliphatic rings. The predicted octanol–water partition coefficient (Wildman–Crippen LogP) is 2.81. The molecule has 16 heavy (non-hydrogen) atoms. The third-order valence-corrected chi connectivity index (χ3v) is 3.22. The Hall–Kier alpha value is -0.900. The second-order valence-electron chi connectivity index (χ2n) is 3.97. The maximum absolute atomic E-state index is 5.26. The van der Waals surface area contributed by atoms with E-state index in [-0.39, 0.29) is 0 Å². The monoisotopic (exact) mass is 240 g/mol. The van der Waals surface area contributed by atoms with Crippen LogP contribution < -0.4 is 10.1 Å². The molecule has 3 nitrogen and oxygen atoms in total. The van der Waals surface area contributed by atoms with Gasteiger partial charge in [0.25, 0.3) is 0 Å². The van der Waals surface area contributed by atoms with Gasteiger partial charge in [0.2, 0.25) is 0 Å². The Morgan fingerprint density at radius 1 is 1.56 bits per heavy atom. The number of hydrogen-bond donors (Lipinski definition) is 1. The van der Waals surface area contributed by atoms with Gasteiger partial charge in [0.05, 0.1) is 19.0 Å². The van der Waals surface area contributed by atoms with Crippen molar-refractivity contribution in [3.05, 3.63) is 18.0 Å². The molecule has 1 unspecified atom stereocenters. The van der Waals surface area contributed by atoms with E-state index in [9.17, 15) is 0 Å². The molecular weight excluding hydrogens is 220 g/mol. The van der Waals surface area contributed by atoms with Crippen molar-refractivity contribution in [1.29, 1.82) is 0 Å². The molecule has 0 spiro atoms. The van der Waals surface area contributed by atoms with Gasteiger partial charge in [-0.3, -0.25) is 4.98 Å². The van der Waals surface area contributed by atoms with E-state index in [1.807, 2.05) is 24.8 Å². The number of nitrogens with zero attached hydrogens (tertiary/aromatic N) is 1. The number of pyridine rings is 1. The maximum atomic E-state index is 5.26. The summed E-state index contributed by atoms with van der Waals surface area (Å²) in [6.07, 6.45) is 3.89. The molecule has 0 radical (unpaired) electrons. The summed E-state index contributed by atoms with van der Waals surface area (Å²) in [6, 6.07) is 2.02. The summed E-state index contributed by atoms with van der Waals surface area (Å²) in [4.78, 5) is 4.20. The van der Waals surface area contributed by atoms with Crippen LogP contribution in [0.3, 0.4) is 0 Å². The van der Waals surface area contributed by atoms with Crippen LogP contribution in [0.4, 0.5) is 5.69 Å². The van der Waals surface area contributed by atoms with Crippen molar-refractivity contribution >= 4 is 17.4 Å². The molecule has 1 rings (SSSR count). The van der Waals surface area contributed by atoms with Crippen LogP contribution in [0.5, 0.6) is 5.75 Å². The number of aromatic nitrogens is 1. The summed E-state index contributed by atoms with van der Waals surface area (Å²) in [5.74, 6) is 2.62. The van der Waals surface area contributed by atoms with Crippen molar-refractivity contribution < 1.29 is 4.74 Å². The number of aryl methyl sites for hydroxylation is 1. The van der Waals surface area contributed by atoms with Gasteiger partial charge < -0.3 is 10.1 Å². The Morgan fingerprint density at radius 2 is 2.31 bits per heavy atom. The fourth-order valence-electron chi connectivity index (χ4n) is 1.48. The SMILES string of the molecule is COc1cnc(C)cc1NCC(C)CSC. The van der Waals surface area contributed by atoms with Gasteiger partial charge in [-0.05, 0) is 30.9 Å². The largest absolute Gasteiger partial charge is 0.493 e. The minimum Gasteiger partial charge on any atom is -0.493 e. The van der Waals surface area contributed by atoms with Crippen molar-refractivity contribution in [3.63, 3.8) is 0 Å². The lowest BCUT2D eigenvalue weighted by Gasteiger charge is -2.15. The average molecular weight is 240 g/mol. The summed E-state index contributed by atoms with van der Waals surface area (Å²) < 4.78 is 5.26. The van der Waals surface area contributed by atoms with E-state index < -0.39 is 0 Å². The van der Waals surface area contributed by atoms with E-state index in [4.69, 9.17) is 4.74 Å². The molecule has 0 saturated heterocycles. The first kappa shape index (κ1) is 13.2. The standard InChI is InChI=1S/C12H20N2OS/c1-9(8-16-4)6-14-11-5-10(2)13-7-12(11)15-3/h5,7,9H,6,8H2,1-4H3,(H,13,14). The lowest BCUT2D eigenvalue weighted by Crippen LogP contribution is -2.14. The number of hydrogen-bond acceptors (Lipinski definition) is 4. The quantitative estimate of drug-likeness (QED) is 0.829. The van der Waals surface area contributed by atoms with Crippen LogP contribution in [0.2, 0.25) is 0 Å². The van der Waals surface area contributed by atoms with E-state index in [0.717, 1.165) is 23.7 Å². The Balaban J connectivity index is 2.61. The minimum absolute atomic E-state index is 0.646. The molecule has 1 atom stereocenters. The first-order valence-corrected chi connectivity index (χ1v) is 6.80. The van der Waals surface area contributed by atoms with Gasteiger partial charge in [0.1, 0.15) is 0 Å². The van der Waals surface area contributed by atoms with Crippen LogP contribution in [-0.2, 0) is 0 Å². The van der Waals surface area contributed by atoms with Gasteiger partial charge in [-0.25, -0.2) is 0 Å². The highest BCUT2D eigenvalue weighted by atomic mass is 32.2. The van der Waals surface area contributed by atoms with Gasteiger partial charge in [-0.1, -0.05) is 6.92 Å². The van der Waals surface area contributed by atoms with E-state index in [1.165, 1.54) is 5.75 Å². The fourth-order valence-corrected chi connectivity index (χ4v) is 2.16.